The van der Waals surface area contributed by atoms with Gasteiger partial charge in [0.2, 0.25) is 0 Å². The van der Waals surface area contributed by atoms with Gasteiger partial charge in [0.25, 0.3) is 0 Å². The first kappa shape index (κ1) is 18.1. The molecule has 0 spiro atoms. The molecule has 3 nitrogen and oxygen atoms in total. The molecule has 0 amide bonds. The smallest absolute Gasteiger partial charge is 0.192 e. The number of pyridine rings is 1. The highest BCUT2D eigenvalue weighted by atomic mass is 28.4. The molecule has 0 radical (unpaired) electrons. The van der Waals surface area contributed by atoms with Gasteiger partial charge in [0, 0.05) is 12.1 Å². The van der Waals surface area contributed by atoms with Gasteiger partial charge in [-0.25, -0.2) is 0 Å². The Hall–Kier alpha value is -1.26. The quantitative estimate of drug-likeness (QED) is 0.533. The van der Waals surface area contributed by atoms with Gasteiger partial charge in [0.1, 0.15) is 6.29 Å². The largest absolute Gasteiger partial charge is 0.410 e. The highest BCUT2D eigenvalue weighted by Gasteiger charge is 2.40. The third-order valence-electron chi connectivity index (χ3n) is 5.44. The third kappa shape index (κ3) is 3.64. The average Bonchev–Trinajstić information content (AvgIpc) is 2.89. The van der Waals surface area contributed by atoms with E-state index in [-0.39, 0.29) is 12.0 Å². The summed E-state index contributed by atoms with van der Waals surface area (Å²) in [5, 5.41) is 0. The Bertz CT molecular complexity index is 567. The van der Waals surface area contributed by atoms with Crippen LogP contribution in [0, 0.1) is 12.8 Å². The molecule has 1 aromatic heterocycles. The van der Waals surface area contributed by atoms with E-state index in [1.54, 1.807) is 0 Å². The maximum Gasteiger partial charge on any atom is 0.192 e. The van der Waals surface area contributed by atoms with Crippen LogP contribution in [0.1, 0.15) is 45.4 Å². The van der Waals surface area contributed by atoms with Gasteiger partial charge in [-0.2, -0.15) is 0 Å². The Morgan fingerprint density at radius 1 is 1.22 bits per heavy atom. The molecular weight excluding hydrogens is 302 g/mol. The van der Waals surface area contributed by atoms with Crippen LogP contribution in [-0.2, 0) is 9.22 Å². The molecule has 1 heterocycles. The monoisotopic (exact) mass is 331 g/mol. The number of nitrogens with zero attached hydrogens (tertiary/aromatic N) is 1. The summed E-state index contributed by atoms with van der Waals surface area (Å²) in [7, 11) is -1.74. The van der Waals surface area contributed by atoms with Crippen molar-refractivity contribution in [3.63, 3.8) is 0 Å². The zero-order valence-corrected chi connectivity index (χ0v) is 16.1. The predicted octanol–water partition coefficient (Wildman–Crippen LogP) is 4.77. The van der Waals surface area contributed by atoms with Crippen molar-refractivity contribution in [2.75, 3.05) is 0 Å². The van der Waals surface area contributed by atoms with Crippen LogP contribution in [0.2, 0.25) is 18.1 Å². The summed E-state index contributed by atoms with van der Waals surface area (Å²) in [6, 6.07) is 7.45. The second-order valence-electron chi connectivity index (χ2n) is 6.67. The van der Waals surface area contributed by atoms with Crippen LogP contribution in [0.3, 0.4) is 0 Å². The van der Waals surface area contributed by atoms with Crippen LogP contribution in [0.15, 0.2) is 23.9 Å². The van der Waals surface area contributed by atoms with Crippen LogP contribution >= 0.6 is 0 Å². The lowest BCUT2D eigenvalue weighted by Crippen LogP contribution is -2.42. The third-order valence-corrected chi connectivity index (χ3v) is 10.1. The van der Waals surface area contributed by atoms with Crippen molar-refractivity contribution in [2.24, 2.45) is 5.92 Å². The molecule has 0 fully saturated rings. The van der Waals surface area contributed by atoms with Gasteiger partial charge in [-0.1, -0.05) is 26.8 Å². The zero-order chi connectivity index (χ0) is 17.0. The van der Waals surface area contributed by atoms with Gasteiger partial charge < -0.3 is 9.22 Å². The molecule has 126 valence electrons. The van der Waals surface area contributed by atoms with Crippen molar-refractivity contribution in [3.05, 3.63) is 35.2 Å². The van der Waals surface area contributed by atoms with E-state index in [0.29, 0.717) is 0 Å². The molecule has 2 atom stereocenters. The number of aromatic nitrogens is 1. The summed E-state index contributed by atoms with van der Waals surface area (Å²) in [6.07, 6.45) is 3.66. The van der Waals surface area contributed by atoms with E-state index in [1.807, 2.05) is 13.1 Å². The lowest BCUT2D eigenvalue weighted by atomic mass is 10.0. The molecule has 1 aliphatic rings. The van der Waals surface area contributed by atoms with E-state index >= 15 is 0 Å². The fourth-order valence-corrected chi connectivity index (χ4v) is 6.40. The van der Waals surface area contributed by atoms with Crippen molar-refractivity contribution in [1.29, 1.82) is 0 Å². The Kier molecular flexibility index (Phi) is 5.93. The van der Waals surface area contributed by atoms with E-state index in [1.165, 1.54) is 11.1 Å². The Balaban J connectivity index is 2.34. The first-order chi connectivity index (χ1) is 11.0. The molecule has 0 N–H and O–H groups in total. The molecule has 0 bridgehead atoms. The molecule has 23 heavy (non-hydrogen) atoms. The number of rotatable bonds is 7. The number of hydrogen-bond acceptors (Lipinski definition) is 3. The maximum absolute atomic E-state index is 11.6. The minimum atomic E-state index is -1.74. The molecule has 2 rings (SSSR count). The zero-order valence-electron chi connectivity index (χ0n) is 15.1. The summed E-state index contributed by atoms with van der Waals surface area (Å²) >= 11 is 0. The second kappa shape index (κ2) is 7.54. The Labute approximate surface area is 141 Å². The van der Waals surface area contributed by atoms with Gasteiger partial charge in [-0.05, 0) is 61.2 Å². The molecule has 0 aromatic carbocycles. The van der Waals surface area contributed by atoms with Gasteiger partial charge >= 0.3 is 0 Å². The molecule has 4 heteroatoms. The topological polar surface area (TPSA) is 39.2 Å². The summed E-state index contributed by atoms with van der Waals surface area (Å²) in [5.41, 5.74) is 4.53. The average molecular weight is 332 g/mol. The molecule has 0 saturated carbocycles. The van der Waals surface area contributed by atoms with Crippen LogP contribution < -0.4 is 0 Å². The van der Waals surface area contributed by atoms with Crippen molar-refractivity contribution < 1.29 is 9.22 Å². The number of aryl methyl sites for hydroxylation is 1. The highest BCUT2D eigenvalue weighted by Crippen LogP contribution is 2.40. The number of aldehydes is 1. The van der Waals surface area contributed by atoms with Crippen molar-refractivity contribution in [3.8, 4) is 0 Å². The van der Waals surface area contributed by atoms with Crippen LogP contribution in [0.5, 0.6) is 0 Å². The lowest BCUT2D eigenvalue weighted by Gasteiger charge is -2.33. The number of carbonyl (C=O) groups is 1. The van der Waals surface area contributed by atoms with Crippen molar-refractivity contribution >= 4 is 20.2 Å². The normalized spacial score (nSPS) is 21.8. The fourth-order valence-electron chi connectivity index (χ4n) is 3.51. The summed E-state index contributed by atoms with van der Waals surface area (Å²) < 4.78 is 6.66. The first-order valence-electron chi connectivity index (χ1n) is 8.76. The standard InChI is InChI=1S/C19H29NO2Si/c1-6-23(7-2,8-3)22-19-15(5)17(11-16(19)13-21)18-10-9-14(4)12-20-18/h9-10,12-13,16,19H,6-8,11H2,1-5H3/t16-,19+/m0/s1. The Morgan fingerprint density at radius 2 is 1.87 bits per heavy atom. The first-order valence-corrected chi connectivity index (χ1v) is 11.3. The van der Waals surface area contributed by atoms with Crippen molar-refractivity contribution in [1.82, 2.24) is 4.98 Å². The number of carbonyl (C=O) groups excluding carboxylic acids is 1. The van der Waals surface area contributed by atoms with Crippen molar-refractivity contribution in [2.45, 2.75) is 65.3 Å². The van der Waals surface area contributed by atoms with E-state index < -0.39 is 8.32 Å². The molecule has 0 saturated heterocycles. The fraction of sp³-hybridized carbons (Fsp3) is 0.579. The molecule has 0 aliphatic heterocycles. The maximum atomic E-state index is 11.6. The second-order valence-corrected chi connectivity index (χ2v) is 11.4. The number of hydrogen-bond donors (Lipinski definition) is 0. The molecule has 0 unspecified atom stereocenters. The SMILES string of the molecule is CC[Si](CC)(CC)O[C@@H]1C(C)=C(c2ccc(C)cn2)C[C@H]1C=O. The van der Waals surface area contributed by atoms with E-state index in [9.17, 15) is 4.79 Å². The van der Waals surface area contributed by atoms with E-state index in [2.05, 4.69) is 44.8 Å². The highest BCUT2D eigenvalue weighted by molar-refractivity contribution is 6.73. The van der Waals surface area contributed by atoms with E-state index in [0.717, 1.165) is 42.1 Å². The summed E-state index contributed by atoms with van der Waals surface area (Å²) in [4.78, 5) is 16.2. The van der Waals surface area contributed by atoms with Gasteiger partial charge in [0.05, 0.1) is 11.8 Å². The minimum absolute atomic E-state index is 0.0582. The number of allylic oxidation sites excluding steroid dienone is 1. The lowest BCUT2D eigenvalue weighted by molar-refractivity contribution is -0.112. The Morgan fingerprint density at radius 3 is 2.35 bits per heavy atom. The minimum Gasteiger partial charge on any atom is -0.410 e. The molecular formula is C19H29NO2Si. The van der Waals surface area contributed by atoms with Crippen LogP contribution in [-0.4, -0.2) is 25.7 Å². The van der Waals surface area contributed by atoms with Gasteiger partial charge in [-0.3, -0.25) is 4.98 Å². The van der Waals surface area contributed by atoms with Gasteiger partial charge in [0.15, 0.2) is 8.32 Å². The molecule has 1 aromatic rings. The predicted molar refractivity (Wildman–Crippen MR) is 97.8 cm³/mol. The van der Waals surface area contributed by atoms with Crippen LogP contribution in [0.25, 0.3) is 5.57 Å². The van der Waals surface area contributed by atoms with Gasteiger partial charge in [-0.15, -0.1) is 0 Å². The van der Waals surface area contributed by atoms with Crippen LogP contribution in [0.4, 0.5) is 0 Å². The molecule has 1 aliphatic carbocycles. The summed E-state index contributed by atoms with van der Waals surface area (Å²) in [5.74, 6) is -0.0652. The summed E-state index contributed by atoms with van der Waals surface area (Å²) in [6.45, 7) is 10.8. The van der Waals surface area contributed by atoms with E-state index in [4.69, 9.17) is 4.43 Å².